The number of hydrogen-bond acceptors (Lipinski definition) is 1. The van der Waals surface area contributed by atoms with Crippen LogP contribution in [0.5, 0.6) is 0 Å². The van der Waals surface area contributed by atoms with Crippen molar-refractivity contribution < 1.29 is 13.2 Å². The Hall–Kier alpha value is -2.62. The van der Waals surface area contributed by atoms with Gasteiger partial charge in [-0.2, -0.15) is 0 Å². The first-order valence-electron chi connectivity index (χ1n) is 8.31. The van der Waals surface area contributed by atoms with E-state index in [1.54, 1.807) is 6.07 Å². The Bertz CT molecular complexity index is 1090. The van der Waals surface area contributed by atoms with Gasteiger partial charge in [0.1, 0.15) is 0 Å². The van der Waals surface area contributed by atoms with Crippen LogP contribution in [-0.4, -0.2) is 19.9 Å². The number of benzene rings is 3. The number of hydrogen-bond donors (Lipinski definition) is 0. The van der Waals surface area contributed by atoms with Crippen molar-refractivity contribution in [3.63, 3.8) is 0 Å². The molecule has 0 bridgehead atoms. The van der Waals surface area contributed by atoms with Crippen LogP contribution in [-0.2, 0) is 6.18 Å². The summed E-state index contributed by atoms with van der Waals surface area (Å²) in [6.45, 7) is 0. The predicted octanol–water partition coefficient (Wildman–Crippen LogP) is 4.58. The fourth-order valence-corrected chi connectivity index (χ4v) is 5.27. The molecular formula is C22H14F3NSe. The third-order valence-corrected chi connectivity index (χ3v) is 6.50. The van der Waals surface area contributed by atoms with Crippen molar-refractivity contribution in [1.29, 1.82) is 0 Å². The molecule has 0 radical (unpaired) electrons. The molecule has 0 atom stereocenters. The summed E-state index contributed by atoms with van der Waals surface area (Å²) < 4.78 is 41.0. The van der Waals surface area contributed by atoms with E-state index in [9.17, 15) is 13.2 Å². The van der Waals surface area contributed by atoms with Gasteiger partial charge in [-0.1, -0.05) is 0 Å². The summed E-state index contributed by atoms with van der Waals surface area (Å²) in [7, 11) is 0. The molecule has 0 aliphatic carbocycles. The molecule has 4 aromatic rings. The molecule has 0 aliphatic rings. The van der Waals surface area contributed by atoms with Crippen LogP contribution >= 0.6 is 0 Å². The molecule has 0 unspecified atom stereocenters. The number of alkyl halides is 3. The number of halogens is 3. The van der Waals surface area contributed by atoms with Gasteiger partial charge in [-0.25, -0.2) is 0 Å². The zero-order valence-corrected chi connectivity index (χ0v) is 15.8. The van der Waals surface area contributed by atoms with E-state index in [0.29, 0.717) is 4.46 Å². The summed E-state index contributed by atoms with van der Waals surface area (Å²) in [5, 5.41) is 2.02. The molecule has 27 heavy (non-hydrogen) atoms. The second kappa shape index (κ2) is 7.18. The van der Waals surface area contributed by atoms with Gasteiger partial charge in [-0.05, 0) is 0 Å². The van der Waals surface area contributed by atoms with Crippen LogP contribution in [0.25, 0.3) is 22.0 Å². The Balaban J connectivity index is 1.87. The molecule has 0 spiro atoms. The van der Waals surface area contributed by atoms with Gasteiger partial charge in [0.05, 0.1) is 0 Å². The van der Waals surface area contributed by atoms with E-state index in [1.165, 1.54) is 12.1 Å². The van der Waals surface area contributed by atoms with Gasteiger partial charge in [0, 0.05) is 0 Å². The molecule has 3 aromatic carbocycles. The maximum atomic E-state index is 13.1. The molecule has 0 saturated carbocycles. The summed E-state index contributed by atoms with van der Waals surface area (Å²) in [5.74, 6) is 0. The Kier molecular flexibility index (Phi) is 4.73. The SMILES string of the molecule is FC(F)(F)c1cccc([Se]c2c(-c3ccccc3)ncc3ccccc23)c1. The van der Waals surface area contributed by atoms with Crippen molar-refractivity contribution in [1.82, 2.24) is 4.98 Å². The summed E-state index contributed by atoms with van der Waals surface area (Å²) in [6.07, 6.45) is -2.52. The van der Waals surface area contributed by atoms with Crippen molar-refractivity contribution >= 4 is 34.7 Å². The van der Waals surface area contributed by atoms with Crippen LogP contribution in [0.1, 0.15) is 5.56 Å². The van der Waals surface area contributed by atoms with Crippen LogP contribution in [0, 0.1) is 0 Å². The minimum atomic E-state index is -4.34. The molecule has 0 amide bonds. The van der Waals surface area contributed by atoms with Gasteiger partial charge >= 0.3 is 161 Å². The zero-order valence-electron chi connectivity index (χ0n) is 14.1. The van der Waals surface area contributed by atoms with Crippen LogP contribution in [0.4, 0.5) is 13.2 Å². The van der Waals surface area contributed by atoms with Crippen molar-refractivity contribution in [2.45, 2.75) is 6.18 Å². The molecule has 1 aromatic heterocycles. The van der Waals surface area contributed by atoms with Crippen LogP contribution in [0.15, 0.2) is 85.1 Å². The standard InChI is InChI=1S/C22H14F3NSe/c23-22(24,25)17-10-6-11-18(13-17)27-21-19-12-5-4-9-16(19)14-26-20(21)15-7-2-1-3-8-15/h1-14H. The quantitative estimate of drug-likeness (QED) is 0.436. The number of fused-ring (bicyclic) bond motifs is 1. The number of rotatable bonds is 3. The van der Waals surface area contributed by atoms with E-state index >= 15 is 0 Å². The normalized spacial score (nSPS) is 11.7. The van der Waals surface area contributed by atoms with Crippen LogP contribution < -0.4 is 8.92 Å². The Morgan fingerprint density at radius 1 is 0.778 bits per heavy atom. The Morgan fingerprint density at radius 2 is 1.52 bits per heavy atom. The second-order valence-corrected chi connectivity index (χ2v) is 8.29. The fraction of sp³-hybridized carbons (Fsp3) is 0.0455. The summed E-state index contributed by atoms with van der Waals surface area (Å²) >= 11 is -0.319. The van der Waals surface area contributed by atoms with Crippen LogP contribution in [0.3, 0.4) is 0 Å². The maximum absolute atomic E-state index is 13.1. The van der Waals surface area contributed by atoms with Gasteiger partial charge in [0.25, 0.3) is 0 Å². The van der Waals surface area contributed by atoms with Gasteiger partial charge in [0.2, 0.25) is 0 Å². The first-order chi connectivity index (χ1) is 13.0. The minimum absolute atomic E-state index is 0.319. The van der Waals surface area contributed by atoms with Crippen molar-refractivity contribution in [2.75, 3.05) is 0 Å². The van der Waals surface area contributed by atoms with Gasteiger partial charge < -0.3 is 0 Å². The van der Waals surface area contributed by atoms with E-state index in [-0.39, 0.29) is 15.0 Å². The van der Waals surface area contributed by atoms with E-state index in [0.717, 1.165) is 32.6 Å². The molecule has 0 N–H and O–H groups in total. The molecule has 5 heteroatoms. The summed E-state index contributed by atoms with van der Waals surface area (Å²) in [5.41, 5.74) is 1.18. The van der Waals surface area contributed by atoms with Gasteiger partial charge in [-0.15, -0.1) is 0 Å². The zero-order chi connectivity index (χ0) is 18.9. The predicted molar refractivity (Wildman–Crippen MR) is 104 cm³/mol. The van der Waals surface area contributed by atoms with E-state index in [1.807, 2.05) is 60.8 Å². The average Bonchev–Trinajstić information content (AvgIpc) is 2.68. The third kappa shape index (κ3) is 3.75. The molecule has 1 nitrogen and oxygen atoms in total. The monoisotopic (exact) mass is 429 g/mol. The fourth-order valence-electron chi connectivity index (χ4n) is 2.90. The molecular weight excluding hydrogens is 414 g/mol. The molecule has 0 aliphatic heterocycles. The average molecular weight is 428 g/mol. The summed E-state index contributed by atoms with van der Waals surface area (Å²) in [4.78, 5) is 4.64. The number of aromatic nitrogens is 1. The first kappa shape index (κ1) is 17.8. The van der Waals surface area contributed by atoms with E-state index in [4.69, 9.17) is 0 Å². The van der Waals surface area contributed by atoms with Crippen molar-refractivity contribution in [3.8, 4) is 11.3 Å². The molecule has 0 saturated heterocycles. The first-order valence-corrected chi connectivity index (χ1v) is 10.0. The Morgan fingerprint density at radius 3 is 2.30 bits per heavy atom. The van der Waals surface area contributed by atoms with Crippen LogP contribution in [0.2, 0.25) is 0 Å². The van der Waals surface area contributed by atoms with Gasteiger partial charge in [0.15, 0.2) is 0 Å². The second-order valence-electron chi connectivity index (χ2n) is 6.02. The van der Waals surface area contributed by atoms with E-state index < -0.39 is 11.7 Å². The Labute approximate surface area is 161 Å². The summed E-state index contributed by atoms with van der Waals surface area (Å²) in [6, 6.07) is 23.2. The number of pyridine rings is 1. The van der Waals surface area contributed by atoms with E-state index in [2.05, 4.69) is 4.98 Å². The van der Waals surface area contributed by atoms with Crippen molar-refractivity contribution in [2.24, 2.45) is 0 Å². The molecule has 0 fully saturated rings. The molecule has 134 valence electrons. The third-order valence-electron chi connectivity index (χ3n) is 4.18. The molecule has 4 rings (SSSR count). The van der Waals surface area contributed by atoms with Crippen molar-refractivity contribution in [3.05, 3.63) is 90.6 Å². The topological polar surface area (TPSA) is 12.9 Å². The number of nitrogens with zero attached hydrogens (tertiary/aromatic N) is 1. The molecule has 1 heterocycles. The van der Waals surface area contributed by atoms with Gasteiger partial charge in [-0.3, -0.25) is 0 Å².